The molecule has 0 unspecified atom stereocenters. The summed E-state index contributed by atoms with van der Waals surface area (Å²) in [5.41, 5.74) is 1.40. The third-order valence-electron chi connectivity index (χ3n) is 1.13. The molecule has 1 rings (SSSR count). The molecule has 0 amide bonds. The largest absolute Gasteiger partial charge is 0.392 e. The molecule has 1 aliphatic rings. The summed E-state index contributed by atoms with van der Waals surface area (Å²) in [5.74, 6) is 0. The Kier molecular flexibility index (Phi) is 0.825. The van der Waals surface area contributed by atoms with Crippen molar-refractivity contribution in [3.8, 4) is 0 Å². The average Bonchev–Trinajstić information content (AvgIpc) is 1.31. The van der Waals surface area contributed by atoms with Gasteiger partial charge in [-0.05, 0) is 12.8 Å². The van der Waals surface area contributed by atoms with Gasteiger partial charge in [0.1, 0.15) is 0 Å². The summed E-state index contributed by atoms with van der Waals surface area (Å²) in [6.07, 6.45) is 4.74. The van der Waals surface area contributed by atoms with E-state index in [4.69, 9.17) is 0 Å². The fourth-order valence-electron chi connectivity index (χ4n) is 0.516. The molecule has 0 radical (unpaired) electrons. The minimum absolute atomic E-state index is 1.26. The van der Waals surface area contributed by atoms with Crippen molar-refractivity contribution in [1.29, 1.82) is 0 Å². The molecular weight excluding hydrogens is 74.1 g/mol. The Labute approximate surface area is 38.1 Å². The summed E-state index contributed by atoms with van der Waals surface area (Å²) in [6, 6.07) is 0. The van der Waals surface area contributed by atoms with Crippen molar-refractivity contribution in [1.82, 2.24) is 5.32 Å². The predicted molar refractivity (Wildman–Crippen MR) is 26.4 cm³/mol. The highest BCUT2D eigenvalue weighted by molar-refractivity contribution is 5.08. The molecule has 0 aliphatic heterocycles. The Morgan fingerprint density at radius 3 is 2.50 bits per heavy atom. The standard InChI is InChI=1S/C5H9N/c1-6-5-3-2-4-5/h3,6H,2,4H2,1H3. The molecular formula is C5H9N. The molecule has 0 fully saturated rings. The van der Waals surface area contributed by atoms with Gasteiger partial charge in [-0.3, -0.25) is 0 Å². The van der Waals surface area contributed by atoms with E-state index < -0.39 is 0 Å². The molecule has 1 N–H and O–H groups in total. The molecule has 0 saturated heterocycles. The quantitative estimate of drug-likeness (QED) is 0.496. The Hall–Kier alpha value is -0.460. The maximum Gasteiger partial charge on any atom is 0.00667 e. The van der Waals surface area contributed by atoms with Gasteiger partial charge in [-0.1, -0.05) is 6.08 Å². The third kappa shape index (κ3) is 0.402. The molecule has 1 aliphatic carbocycles. The Balaban J connectivity index is 2.32. The molecule has 0 spiro atoms. The van der Waals surface area contributed by atoms with Gasteiger partial charge in [0.2, 0.25) is 0 Å². The van der Waals surface area contributed by atoms with Crippen LogP contribution in [0.1, 0.15) is 12.8 Å². The van der Waals surface area contributed by atoms with Crippen LogP contribution in [0.15, 0.2) is 11.8 Å². The highest BCUT2D eigenvalue weighted by Gasteiger charge is 1.99. The van der Waals surface area contributed by atoms with Crippen LogP contribution in [-0.2, 0) is 0 Å². The van der Waals surface area contributed by atoms with Gasteiger partial charge in [-0.25, -0.2) is 0 Å². The van der Waals surface area contributed by atoms with Crippen LogP contribution in [0.2, 0.25) is 0 Å². The molecule has 34 valence electrons. The van der Waals surface area contributed by atoms with Gasteiger partial charge in [-0.15, -0.1) is 0 Å². The highest BCUT2D eigenvalue weighted by atomic mass is 14.8. The van der Waals surface area contributed by atoms with Crippen LogP contribution in [0.3, 0.4) is 0 Å². The zero-order valence-electron chi connectivity index (χ0n) is 3.99. The lowest BCUT2D eigenvalue weighted by Gasteiger charge is -2.11. The Bertz CT molecular complexity index is 74.0. The zero-order valence-corrected chi connectivity index (χ0v) is 3.99. The second-order valence-corrected chi connectivity index (χ2v) is 1.52. The SMILES string of the molecule is CNC1=CCC1. The van der Waals surface area contributed by atoms with Crippen LogP contribution in [0.25, 0.3) is 0 Å². The first-order valence-electron chi connectivity index (χ1n) is 2.30. The minimum Gasteiger partial charge on any atom is -0.392 e. The number of hydrogen-bond donors (Lipinski definition) is 1. The number of rotatable bonds is 1. The molecule has 0 bridgehead atoms. The summed E-state index contributed by atoms with van der Waals surface area (Å²) in [7, 11) is 1.96. The molecule has 0 aromatic carbocycles. The fraction of sp³-hybridized carbons (Fsp3) is 0.600. The second-order valence-electron chi connectivity index (χ2n) is 1.52. The van der Waals surface area contributed by atoms with Crippen LogP contribution < -0.4 is 5.32 Å². The number of nitrogens with one attached hydrogen (secondary N) is 1. The maximum atomic E-state index is 3.06. The smallest absolute Gasteiger partial charge is 0.00667 e. The van der Waals surface area contributed by atoms with E-state index in [0.717, 1.165) is 0 Å². The predicted octanol–water partition coefficient (Wildman–Crippen LogP) is 0.883. The van der Waals surface area contributed by atoms with Crippen molar-refractivity contribution in [2.75, 3.05) is 7.05 Å². The van der Waals surface area contributed by atoms with Gasteiger partial charge in [0.25, 0.3) is 0 Å². The van der Waals surface area contributed by atoms with Crippen LogP contribution in [0.4, 0.5) is 0 Å². The van der Waals surface area contributed by atoms with Crippen molar-refractivity contribution in [3.05, 3.63) is 11.8 Å². The molecule has 0 atom stereocenters. The molecule has 0 aromatic rings. The van der Waals surface area contributed by atoms with Gasteiger partial charge in [0.05, 0.1) is 0 Å². The summed E-state index contributed by atoms with van der Waals surface area (Å²) in [4.78, 5) is 0. The lowest BCUT2D eigenvalue weighted by atomic mass is 10.1. The molecule has 0 heterocycles. The van der Waals surface area contributed by atoms with Crippen molar-refractivity contribution in [2.45, 2.75) is 12.8 Å². The van der Waals surface area contributed by atoms with E-state index in [0.29, 0.717) is 0 Å². The van der Waals surface area contributed by atoms with Crippen LogP contribution in [0, 0.1) is 0 Å². The van der Waals surface area contributed by atoms with E-state index in [-0.39, 0.29) is 0 Å². The van der Waals surface area contributed by atoms with Crippen LogP contribution in [-0.4, -0.2) is 7.05 Å². The summed E-state index contributed by atoms with van der Waals surface area (Å²) in [5, 5.41) is 3.06. The van der Waals surface area contributed by atoms with E-state index >= 15 is 0 Å². The number of allylic oxidation sites excluding steroid dienone is 2. The van der Waals surface area contributed by atoms with Gasteiger partial charge in [0.15, 0.2) is 0 Å². The van der Waals surface area contributed by atoms with Gasteiger partial charge in [0, 0.05) is 12.7 Å². The maximum absolute atomic E-state index is 3.06. The summed E-state index contributed by atoms with van der Waals surface area (Å²) < 4.78 is 0. The first kappa shape index (κ1) is 3.72. The first-order valence-corrected chi connectivity index (χ1v) is 2.30. The normalized spacial score (nSPS) is 18.5. The summed E-state index contributed by atoms with van der Waals surface area (Å²) in [6.45, 7) is 0. The van der Waals surface area contributed by atoms with Crippen molar-refractivity contribution in [2.24, 2.45) is 0 Å². The topological polar surface area (TPSA) is 12.0 Å². The molecule has 6 heavy (non-hydrogen) atoms. The van der Waals surface area contributed by atoms with Crippen molar-refractivity contribution in [3.63, 3.8) is 0 Å². The van der Waals surface area contributed by atoms with E-state index in [1.807, 2.05) is 7.05 Å². The molecule has 0 aromatic heterocycles. The van der Waals surface area contributed by atoms with Crippen molar-refractivity contribution < 1.29 is 0 Å². The Morgan fingerprint density at radius 1 is 1.83 bits per heavy atom. The Morgan fingerprint density at radius 2 is 2.50 bits per heavy atom. The van der Waals surface area contributed by atoms with Crippen LogP contribution >= 0.6 is 0 Å². The van der Waals surface area contributed by atoms with E-state index in [1.165, 1.54) is 18.5 Å². The van der Waals surface area contributed by atoms with Gasteiger partial charge < -0.3 is 5.32 Å². The van der Waals surface area contributed by atoms with Crippen LogP contribution in [0.5, 0.6) is 0 Å². The molecule has 1 nitrogen and oxygen atoms in total. The highest BCUT2D eigenvalue weighted by Crippen LogP contribution is 2.12. The van der Waals surface area contributed by atoms with E-state index in [1.54, 1.807) is 0 Å². The lowest BCUT2D eigenvalue weighted by molar-refractivity contribution is 0.769. The first-order chi connectivity index (χ1) is 2.93. The monoisotopic (exact) mass is 83.1 g/mol. The van der Waals surface area contributed by atoms with E-state index in [9.17, 15) is 0 Å². The average molecular weight is 83.1 g/mol. The number of hydrogen-bond acceptors (Lipinski definition) is 1. The summed E-state index contributed by atoms with van der Waals surface area (Å²) >= 11 is 0. The van der Waals surface area contributed by atoms with Gasteiger partial charge in [-0.2, -0.15) is 0 Å². The lowest BCUT2D eigenvalue weighted by Crippen LogP contribution is -2.10. The second kappa shape index (κ2) is 1.33. The molecule has 1 heteroatoms. The van der Waals surface area contributed by atoms with E-state index in [2.05, 4.69) is 11.4 Å². The van der Waals surface area contributed by atoms with Gasteiger partial charge >= 0.3 is 0 Å². The zero-order chi connectivity index (χ0) is 4.41. The van der Waals surface area contributed by atoms with Crippen molar-refractivity contribution >= 4 is 0 Å². The molecule has 0 saturated carbocycles. The minimum atomic E-state index is 1.26. The third-order valence-corrected chi connectivity index (χ3v) is 1.13. The fourth-order valence-corrected chi connectivity index (χ4v) is 0.516.